The van der Waals surface area contributed by atoms with Crippen LogP contribution in [0.5, 0.6) is 0 Å². The van der Waals surface area contributed by atoms with Crippen LogP contribution in [-0.2, 0) is 21.9 Å². The molecule has 0 spiro atoms. The third-order valence-electron chi connectivity index (χ3n) is 4.63. The largest absolute Gasteiger partial charge is 0.354 e. The van der Waals surface area contributed by atoms with Gasteiger partial charge in [-0.25, -0.2) is 0 Å². The van der Waals surface area contributed by atoms with Gasteiger partial charge in [-0.15, -0.1) is 11.8 Å². The molecule has 4 nitrogen and oxygen atoms in total. The zero-order valence-electron chi connectivity index (χ0n) is 17.8. The van der Waals surface area contributed by atoms with Crippen LogP contribution in [0.2, 0.25) is 15.1 Å². The van der Waals surface area contributed by atoms with Crippen LogP contribution in [0, 0.1) is 5.92 Å². The molecule has 0 aliphatic carbocycles. The van der Waals surface area contributed by atoms with Gasteiger partial charge < -0.3 is 10.2 Å². The van der Waals surface area contributed by atoms with E-state index < -0.39 is 6.04 Å². The van der Waals surface area contributed by atoms with Crippen molar-refractivity contribution in [3.05, 3.63) is 68.7 Å². The topological polar surface area (TPSA) is 49.4 Å². The van der Waals surface area contributed by atoms with Gasteiger partial charge in [-0.2, -0.15) is 0 Å². The minimum absolute atomic E-state index is 0.157. The van der Waals surface area contributed by atoms with Crippen LogP contribution in [0.4, 0.5) is 0 Å². The summed E-state index contributed by atoms with van der Waals surface area (Å²) in [5.41, 5.74) is 1.66. The number of benzene rings is 2. The van der Waals surface area contributed by atoms with Gasteiger partial charge in [-0.3, -0.25) is 9.59 Å². The minimum atomic E-state index is -0.662. The minimum Gasteiger partial charge on any atom is -0.354 e. The Morgan fingerprint density at radius 3 is 2.29 bits per heavy atom. The number of hydrogen-bond donors (Lipinski definition) is 1. The lowest BCUT2D eigenvalue weighted by molar-refractivity contribution is -0.138. The summed E-state index contributed by atoms with van der Waals surface area (Å²) in [7, 11) is 0. The van der Waals surface area contributed by atoms with E-state index in [9.17, 15) is 9.59 Å². The molecule has 1 atom stereocenters. The zero-order chi connectivity index (χ0) is 23.0. The van der Waals surface area contributed by atoms with E-state index in [1.807, 2.05) is 38.1 Å². The Labute approximate surface area is 203 Å². The van der Waals surface area contributed by atoms with Crippen LogP contribution < -0.4 is 5.32 Å². The van der Waals surface area contributed by atoms with Gasteiger partial charge in [0, 0.05) is 39.5 Å². The third-order valence-corrected chi connectivity index (χ3v) is 6.56. The standard InChI is InChI=1S/C23H27Cl3N2O2S/c1-15(2)11-27-23(30)16(3)28(12-19-20(25)8-5-9-21(19)26)22(29)14-31-13-17-6-4-7-18(24)10-17/h4-10,15-16H,11-14H2,1-3H3,(H,27,30). The van der Waals surface area contributed by atoms with Crippen molar-refractivity contribution in [2.24, 2.45) is 5.92 Å². The first kappa shape index (κ1) is 25.9. The summed E-state index contributed by atoms with van der Waals surface area (Å²) in [4.78, 5) is 27.4. The Bertz CT molecular complexity index is 888. The summed E-state index contributed by atoms with van der Waals surface area (Å²) in [5.74, 6) is 0.809. The Balaban J connectivity index is 2.13. The number of amides is 2. The zero-order valence-corrected chi connectivity index (χ0v) is 20.9. The third kappa shape index (κ3) is 8.23. The summed E-state index contributed by atoms with van der Waals surface area (Å²) in [6.45, 7) is 6.46. The molecule has 0 fully saturated rings. The van der Waals surface area contributed by atoms with Gasteiger partial charge in [0.15, 0.2) is 0 Å². The van der Waals surface area contributed by atoms with E-state index in [1.165, 1.54) is 16.7 Å². The van der Waals surface area contributed by atoms with E-state index in [0.717, 1.165) is 5.56 Å². The molecule has 2 aromatic rings. The Kier molecular flexibility index (Phi) is 10.5. The molecule has 31 heavy (non-hydrogen) atoms. The molecule has 2 amide bonds. The molecule has 0 aromatic heterocycles. The molecule has 168 valence electrons. The maximum Gasteiger partial charge on any atom is 0.242 e. The SMILES string of the molecule is CC(C)CNC(=O)C(C)N(Cc1c(Cl)cccc1Cl)C(=O)CSCc1cccc(Cl)c1. The van der Waals surface area contributed by atoms with Crippen molar-refractivity contribution in [1.82, 2.24) is 10.2 Å². The van der Waals surface area contributed by atoms with Crippen molar-refractivity contribution in [2.75, 3.05) is 12.3 Å². The molecular weight excluding hydrogens is 475 g/mol. The molecule has 0 saturated heterocycles. The number of nitrogens with zero attached hydrogens (tertiary/aromatic N) is 1. The smallest absolute Gasteiger partial charge is 0.242 e. The van der Waals surface area contributed by atoms with E-state index in [2.05, 4.69) is 5.32 Å². The molecule has 0 radical (unpaired) electrons. The number of halogens is 3. The van der Waals surface area contributed by atoms with Gasteiger partial charge in [0.1, 0.15) is 6.04 Å². The van der Waals surface area contributed by atoms with Crippen LogP contribution in [0.1, 0.15) is 31.9 Å². The highest BCUT2D eigenvalue weighted by Crippen LogP contribution is 2.27. The normalized spacial score (nSPS) is 12.0. The molecule has 2 rings (SSSR count). The predicted molar refractivity (Wildman–Crippen MR) is 132 cm³/mol. The van der Waals surface area contributed by atoms with Crippen molar-refractivity contribution in [3.8, 4) is 0 Å². The molecule has 1 N–H and O–H groups in total. The van der Waals surface area contributed by atoms with E-state index >= 15 is 0 Å². The summed E-state index contributed by atoms with van der Waals surface area (Å²) < 4.78 is 0. The predicted octanol–water partition coefficient (Wildman–Crippen LogP) is 6.07. The monoisotopic (exact) mass is 500 g/mol. The van der Waals surface area contributed by atoms with E-state index in [4.69, 9.17) is 34.8 Å². The highest BCUT2D eigenvalue weighted by Gasteiger charge is 2.27. The van der Waals surface area contributed by atoms with Crippen LogP contribution in [-0.4, -0.2) is 35.1 Å². The van der Waals surface area contributed by atoms with Gasteiger partial charge in [0.25, 0.3) is 0 Å². The van der Waals surface area contributed by atoms with E-state index in [-0.39, 0.29) is 24.1 Å². The van der Waals surface area contributed by atoms with Crippen LogP contribution in [0.25, 0.3) is 0 Å². The summed E-state index contributed by atoms with van der Waals surface area (Å²) >= 11 is 20.1. The van der Waals surface area contributed by atoms with Gasteiger partial charge in [-0.05, 0) is 42.7 Å². The number of carbonyl (C=O) groups is 2. The average molecular weight is 502 g/mol. The first-order valence-corrected chi connectivity index (χ1v) is 12.3. The van der Waals surface area contributed by atoms with Crippen molar-refractivity contribution >= 4 is 58.4 Å². The summed E-state index contributed by atoms with van der Waals surface area (Å²) in [6.07, 6.45) is 0. The Morgan fingerprint density at radius 2 is 1.68 bits per heavy atom. The number of thioether (sulfide) groups is 1. The van der Waals surface area contributed by atoms with Gasteiger partial charge >= 0.3 is 0 Å². The van der Waals surface area contributed by atoms with Gasteiger partial charge in [0.05, 0.1) is 5.75 Å². The van der Waals surface area contributed by atoms with E-state index in [1.54, 1.807) is 25.1 Å². The van der Waals surface area contributed by atoms with Gasteiger partial charge in [-0.1, -0.05) is 66.8 Å². The molecule has 8 heteroatoms. The fraction of sp³-hybridized carbons (Fsp3) is 0.391. The molecule has 1 unspecified atom stereocenters. The fourth-order valence-corrected chi connectivity index (χ4v) is 4.44. The second kappa shape index (κ2) is 12.6. The molecule has 0 heterocycles. The lowest BCUT2D eigenvalue weighted by Crippen LogP contribution is -2.48. The second-order valence-electron chi connectivity index (χ2n) is 7.66. The second-order valence-corrected chi connectivity index (χ2v) is 9.90. The summed E-state index contributed by atoms with van der Waals surface area (Å²) in [6, 6.07) is 12.1. The summed E-state index contributed by atoms with van der Waals surface area (Å²) in [5, 5.41) is 4.49. The van der Waals surface area contributed by atoms with E-state index in [0.29, 0.717) is 38.8 Å². The van der Waals surface area contributed by atoms with Crippen LogP contribution in [0.3, 0.4) is 0 Å². The van der Waals surface area contributed by atoms with Crippen molar-refractivity contribution in [2.45, 2.75) is 39.1 Å². The van der Waals surface area contributed by atoms with Crippen LogP contribution >= 0.6 is 46.6 Å². The van der Waals surface area contributed by atoms with Crippen molar-refractivity contribution in [3.63, 3.8) is 0 Å². The lowest BCUT2D eigenvalue weighted by atomic mass is 10.1. The Morgan fingerprint density at radius 1 is 1.03 bits per heavy atom. The van der Waals surface area contributed by atoms with Crippen molar-refractivity contribution in [1.29, 1.82) is 0 Å². The molecule has 2 aromatic carbocycles. The number of carbonyl (C=O) groups excluding carboxylic acids is 2. The number of rotatable bonds is 10. The maximum absolute atomic E-state index is 13.1. The van der Waals surface area contributed by atoms with Crippen molar-refractivity contribution < 1.29 is 9.59 Å². The number of nitrogens with one attached hydrogen (secondary N) is 1. The fourth-order valence-electron chi connectivity index (χ4n) is 2.85. The molecular formula is C23H27Cl3N2O2S. The molecule has 0 bridgehead atoms. The maximum atomic E-state index is 13.1. The molecule has 0 saturated carbocycles. The first-order chi connectivity index (χ1) is 14.7. The molecule has 0 aliphatic heterocycles. The Hall–Kier alpha value is -1.40. The number of hydrogen-bond acceptors (Lipinski definition) is 3. The lowest BCUT2D eigenvalue weighted by Gasteiger charge is -2.29. The quantitative estimate of drug-likeness (QED) is 0.430. The highest BCUT2D eigenvalue weighted by atomic mass is 35.5. The van der Waals surface area contributed by atoms with Gasteiger partial charge in [0.2, 0.25) is 11.8 Å². The molecule has 0 aliphatic rings. The average Bonchev–Trinajstić information content (AvgIpc) is 2.71. The first-order valence-electron chi connectivity index (χ1n) is 10.0. The van der Waals surface area contributed by atoms with Crippen LogP contribution in [0.15, 0.2) is 42.5 Å². The highest BCUT2D eigenvalue weighted by molar-refractivity contribution is 7.99.